The third kappa shape index (κ3) is 2.80. The molecule has 2 aromatic rings. The minimum Gasteiger partial charge on any atom is -0.253 e. The van der Waals surface area contributed by atoms with Crippen LogP contribution in [0.1, 0.15) is 5.56 Å². The molecule has 0 spiro atoms. The Hall–Kier alpha value is -0.0300. The topological polar surface area (TPSA) is 17.8 Å². The molecule has 0 atom stereocenters. The van der Waals surface area contributed by atoms with Crippen LogP contribution in [-0.4, -0.2) is 9.78 Å². The highest BCUT2D eigenvalue weighted by molar-refractivity contribution is 9.11. The molecule has 0 saturated carbocycles. The summed E-state index contributed by atoms with van der Waals surface area (Å²) in [5.41, 5.74) is 0.936. The number of hydrogen-bond acceptors (Lipinski definition) is 1. The lowest BCUT2D eigenvalue weighted by Gasteiger charge is -2.06. The molecule has 16 heavy (non-hydrogen) atoms. The van der Waals surface area contributed by atoms with E-state index < -0.39 is 0 Å². The van der Waals surface area contributed by atoms with E-state index in [0.717, 1.165) is 14.8 Å². The van der Waals surface area contributed by atoms with Crippen molar-refractivity contribution in [2.75, 3.05) is 0 Å². The van der Waals surface area contributed by atoms with E-state index in [-0.39, 0.29) is 0 Å². The number of nitrogens with zero attached hydrogens (tertiary/aromatic N) is 2. The summed E-state index contributed by atoms with van der Waals surface area (Å²) in [5, 5.41) is 5.61. The van der Waals surface area contributed by atoms with Crippen molar-refractivity contribution < 1.29 is 0 Å². The van der Waals surface area contributed by atoms with Gasteiger partial charge in [-0.3, -0.25) is 4.68 Å². The predicted octanol–water partition coefficient (Wildman–Crippen LogP) is 4.76. The summed E-state index contributed by atoms with van der Waals surface area (Å²) < 4.78 is 3.45. The molecule has 0 aliphatic rings. The molecule has 6 heteroatoms. The molecule has 0 amide bonds. The van der Waals surface area contributed by atoms with Crippen LogP contribution in [0.5, 0.6) is 0 Å². The lowest BCUT2D eigenvalue weighted by atomic mass is 10.2. The first-order chi connectivity index (χ1) is 7.56. The van der Waals surface area contributed by atoms with Crippen LogP contribution in [0.2, 0.25) is 10.0 Å². The van der Waals surface area contributed by atoms with Crippen molar-refractivity contribution in [2.24, 2.45) is 0 Å². The van der Waals surface area contributed by atoms with Crippen LogP contribution in [0, 0.1) is 0 Å². The zero-order chi connectivity index (χ0) is 11.7. The zero-order valence-corrected chi connectivity index (χ0v) is 12.6. The molecular formula is C10H6Br2Cl2N2. The fraction of sp³-hybridized carbons (Fsp3) is 0.100. The van der Waals surface area contributed by atoms with Crippen LogP contribution < -0.4 is 0 Å². The van der Waals surface area contributed by atoms with Gasteiger partial charge in [-0.05, 0) is 55.6 Å². The summed E-state index contributed by atoms with van der Waals surface area (Å²) in [6.07, 6.45) is 0. The minimum absolute atomic E-state index is 0.575. The van der Waals surface area contributed by atoms with E-state index in [9.17, 15) is 0 Å². The molecule has 0 bridgehead atoms. The van der Waals surface area contributed by atoms with E-state index in [2.05, 4.69) is 37.0 Å². The van der Waals surface area contributed by atoms with Crippen LogP contribution in [0.15, 0.2) is 33.5 Å². The maximum atomic E-state index is 6.08. The maximum Gasteiger partial charge on any atom is 0.129 e. The number of hydrogen-bond donors (Lipinski definition) is 0. The van der Waals surface area contributed by atoms with Gasteiger partial charge in [0.05, 0.1) is 6.54 Å². The van der Waals surface area contributed by atoms with Crippen molar-refractivity contribution in [2.45, 2.75) is 6.54 Å². The fourth-order valence-electron chi connectivity index (χ4n) is 1.30. The van der Waals surface area contributed by atoms with Gasteiger partial charge in [-0.2, -0.15) is 5.10 Å². The molecule has 84 valence electrons. The van der Waals surface area contributed by atoms with Gasteiger partial charge in [0.1, 0.15) is 9.21 Å². The molecule has 0 N–H and O–H groups in total. The molecule has 1 aromatic heterocycles. The quantitative estimate of drug-likeness (QED) is 0.729. The second-order valence-electron chi connectivity index (χ2n) is 3.18. The summed E-state index contributed by atoms with van der Waals surface area (Å²) in [4.78, 5) is 0. The SMILES string of the molecule is Clc1ccc(Cl)c(Cn2nc(Br)cc2Br)c1. The van der Waals surface area contributed by atoms with Gasteiger partial charge in [0.25, 0.3) is 0 Å². The summed E-state index contributed by atoms with van der Waals surface area (Å²) in [5.74, 6) is 0. The van der Waals surface area contributed by atoms with Crippen LogP contribution in [-0.2, 0) is 6.54 Å². The second kappa shape index (κ2) is 5.08. The summed E-state index contributed by atoms with van der Waals surface area (Å²) in [7, 11) is 0. The Morgan fingerprint density at radius 2 is 1.94 bits per heavy atom. The average Bonchev–Trinajstić information content (AvgIpc) is 2.51. The Balaban J connectivity index is 2.33. The first kappa shape index (κ1) is 12.4. The van der Waals surface area contributed by atoms with Gasteiger partial charge in [-0.1, -0.05) is 23.2 Å². The number of aromatic nitrogens is 2. The van der Waals surface area contributed by atoms with E-state index >= 15 is 0 Å². The second-order valence-corrected chi connectivity index (χ2v) is 5.65. The lowest BCUT2D eigenvalue weighted by molar-refractivity contribution is 0.667. The normalized spacial score (nSPS) is 10.8. The van der Waals surface area contributed by atoms with Crippen LogP contribution in [0.3, 0.4) is 0 Å². The molecule has 2 nitrogen and oxygen atoms in total. The van der Waals surface area contributed by atoms with Gasteiger partial charge in [0.2, 0.25) is 0 Å². The summed E-state index contributed by atoms with van der Waals surface area (Å²) in [6.45, 7) is 0.575. The molecule has 1 aromatic carbocycles. The summed E-state index contributed by atoms with van der Waals surface area (Å²) in [6, 6.07) is 7.26. The largest absolute Gasteiger partial charge is 0.253 e. The van der Waals surface area contributed by atoms with Crippen molar-refractivity contribution in [3.05, 3.63) is 49.1 Å². The third-order valence-electron chi connectivity index (χ3n) is 2.03. The Morgan fingerprint density at radius 1 is 1.19 bits per heavy atom. The smallest absolute Gasteiger partial charge is 0.129 e. The zero-order valence-electron chi connectivity index (χ0n) is 7.92. The van der Waals surface area contributed by atoms with Gasteiger partial charge in [0.15, 0.2) is 0 Å². The van der Waals surface area contributed by atoms with E-state index in [4.69, 9.17) is 23.2 Å². The standard InChI is InChI=1S/C10H6Br2Cl2N2/c11-9-4-10(12)16(15-9)5-6-3-7(13)1-2-8(6)14/h1-4H,5H2. The highest BCUT2D eigenvalue weighted by atomic mass is 79.9. The molecule has 2 rings (SSSR count). The van der Waals surface area contributed by atoms with Gasteiger partial charge in [-0.25, -0.2) is 0 Å². The Labute approximate surface area is 120 Å². The average molecular weight is 385 g/mol. The fourth-order valence-corrected chi connectivity index (χ4v) is 2.81. The summed E-state index contributed by atoms with van der Waals surface area (Å²) >= 11 is 18.7. The predicted molar refractivity (Wildman–Crippen MR) is 73.2 cm³/mol. The molecule has 0 saturated heterocycles. The van der Waals surface area contributed by atoms with Crippen LogP contribution in [0.4, 0.5) is 0 Å². The van der Waals surface area contributed by atoms with Crippen LogP contribution in [0.25, 0.3) is 0 Å². The molecule has 0 aliphatic heterocycles. The maximum absolute atomic E-state index is 6.08. The minimum atomic E-state index is 0.575. The molecular weight excluding hydrogens is 379 g/mol. The van der Waals surface area contributed by atoms with E-state index in [1.807, 2.05) is 12.1 Å². The van der Waals surface area contributed by atoms with Crippen molar-refractivity contribution in [3.8, 4) is 0 Å². The van der Waals surface area contributed by atoms with E-state index in [1.165, 1.54) is 0 Å². The Bertz CT molecular complexity index is 526. The molecule has 0 radical (unpaired) electrons. The Kier molecular flexibility index (Phi) is 3.95. The molecule has 1 heterocycles. The monoisotopic (exact) mass is 382 g/mol. The van der Waals surface area contributed by atoms with Gasteiger partial charge >= 0.3 is 0 Å². The molecule has 0 unspecified atom stereocenters. The first-order valence-electron chi connectivity index (χ1n) is 4.39. The van der Waals surface area contributed by atoms with E-state index in [0.29, 0.717) is 16.6 Å². The van der Waals surface area contributed by atoms with E-state index in [1.54, 1.807) is 16.8 Å². The molecule has 0 aliphatic carbocycles. The van der Waals surface area contributed by atoms with Crippen molar-refractivity contribution in [1.29, 1.82) is 0 Å². The van der Waals surface area contributed by atoms with Crippen molar-refractivity contribution >= 4 is 55.1 Å². The van der Waals surface area contributed by atoms with Gasteiger partial charge in [0, 0.05) is 16.1 Å². The van der Waals surface area contributed by atoms with Crippen molar-refractivity contribution in [3.63, 3.8) is 0 Å². The number of rotatable bonds is 2. The number of benzene rings is 1. The van der Waals surface area contributed by atoms with Gasteiger partial charge in [-0.15, -0.1) is 0 Å². The Morgan fingerprint density at radius 3 is 2.56 bits per heavy atom. The lowest BCUT2D eigenvalue weighted by Crippen LogP contribution is -2.02. The van der Waals surface area contributed by atoms with Gasteiger partial charge < -0.3 is 0 Å². The first-order valence-corrected chi connectivity index (χ1v) is 6.73. The highest BCUT2D eigenvalue weighted by Crippen LogP contribution is 2.24. The third-order valence-corrected chi connectivity index (χ3v) is 3.66. The highest BCUT2D eigenvalue weighted by Gasteiger charge is 2.07. The van der Waals surface area contributed by atoms with Crippen molar-refractivity contribution in [1.82, 2.24) is 9.78 Å². The number of halogens is 4. The van der Waals surface area contributed by atoms with Crippen LogP contribution >= 0.6 is 55.1 Å². The molecule has 0 fully saturated rings.